The summed E-state index contributed by atoms with van der Waals surface area (Å²) < 4.78 is 37.2. The number of nitrogens with one attached hydrogen (secondary N) is 1. The van der Waals surface area contributed by atoms with Gasteiger partial charge in [0.25, 0.3) is 0 Å². The fraction of sp³-hybridized carbons (Fsp3) is 0.636. The second-order valence-electron chi connectivity index (χ2n) is 4.42. The van der Waals surface area contributed by atoms with Crippen molar-refractivity contribution in [1.29, 1.82) is 0 Å². The van der Waals surface area contributed by atoms with Crippen molar-refractivity contribution in [2.75, 3.05) is 13.1 Å². The van der Waals surface area contributed by atoms with Crippen molar-refractivity contribution in [1.82, 2.24) is 15.5 Å². The van der Waals surface area contributed by atoms with Gasteiger partial charge >= 0.3 is 6.18 Å². The topological polar surface area (TPSA) is 37.8 Å². The molecule has 18 heavy (non-hydrogen) atoms. The zero-order valence-corrected chi connectivity index (χ0v) is 10.4. The Bertz CT molecular complexity index is 416. The van der Waals surface area contributed by atoms with E-state index in [0.29, 0.717) is 18.0 Å². The van der Waals surface area contributed by atoms with Gasteiger partial charge in [0.05, 0.1) is 10.7 Å². The van der Waals surface area contributed by atoms with Crippen LogP contribution < -0.4 is 5.32 Å². The summed E-state index contributed by atoms with van der Waals surface area (Å²) in [6.07, 6.45) is -1.94. The van der Waals surface area contributed by atoms with Crippen molar-refractivity contribution in [3.05, 3.63) is 22.5 Å². The average molecular weight is 280 g/mol. The highest BCUT2D eigenvalue weighted by atomic mass is 35.5. The van der Waals surface area contributed by atoms with Gasteiger partial charge in [-0.1, -0.05) is 11.6 Å². The standard InChI is InChI=1S/C11H13ClF3N3/c12-8-6-10(11(13,14)15)18-17-9(8)5-7-1-3-16-4-2-7/h6-7,16H,1-5H2. The third-order valence-electron chi connectivity index (χ3n) is 3.05. The van der Waals surface area contributed by atoms with Gasteiger partial charge in [-0.25, -0.2) is 0 Å². The number of nitrogens with zero attached hydrogens (tertiary/aromatic N) is 2. The second-order valence-corrected chi connectivity index (χ2v) is 4.83. The number of piperidine rings is 1. The van der Waals surface area contributed by atoms with E-state index in [-0.39, 0.29) is 5.02 Å². The Labute approximate surface area is 108 Å². The summed E-state index contributed by atoms with van der Waals surface area (Å²) >= 11 is 5.84. The van der Waals surface area contributed by atoms with Gasteiger partial charge in [0.1, 0.15) is 0 Å². The van der Waals surface area contributed by atoms with E-state index in [4.69, 9.17) is 11.6 Å². The van der Waals surface area contributed by atoms with E-state index in [9.17, 15) is 13.2 Å². The van der Waals surface area contributed by atoms with Crippen molar-refractivity contribution in [3.8, 4) is 0 Å². The Kier molecular flexibility index (Phi) is 4.07. The lowest BCUT2D eigenvalue weighted by atomic mass is 9.93. The summed E-state index contributed by atoms with van der Waals surface area (Å²) in [6.45, 7) is 1.85. The SMILES string of the molecule is FC(F)(F)c1cc(Cl)c(CC2CCNCC2)nn1. The van der Waals surface area contributed by atoms with Gasteiger partial charge in [-0.3, -0.25) is 0 Å². The molecular weight excluding hydrogens is 267 g/mol. The maximum absolute atomic E-state index is 12.4. The first-order valence-electron chi connectivity index (χ1n) is 5.77. The van der Waals surface area contributed by atoms with E-state index < -0.39 is 11.9 Å². The molecule has 1 saturated heterocycles. The lowest BCUT2D eigenvalue weighted by molar-refractivity contribution is -0.141. The highest BCUT2D eigenvalue weighted by Crippen LogP contribution is 2.30. The monoisotopic (exact) mass is 279 g/mol. The van der Waals surface area contributed by atoms with E-state index in [0.717, 1.165) is 32.0 Å². The van der Waals surface area contributed by atoms with Crippen molar-refractivity contribution in [2.24, 2.45) is 5.92 Å². The van der Waals surface area contributed by atoms with Crippen LogP contribution in [0, 0.1) is 5.92 Å². The van der Waals surface area contributed by atoms with Gasteiger partial charge in [0.15, 0.2) is 5.69 Å². The summed E-state index contributed by atoms with van der Waals surface area (Å²) in [5.41, 5.74) is -0.585. The number of halogens is 4. The predicted molar refractivity (Wildman–Crippen MR) is 61.3 cm³/mol. The minimum atomic E-state index is -4.50. The number of aromatic nitrogens is 2. The van der Waals surface area contributed by atoms with Crippen LogP contribution in [0.25, 0.3) is 0 Å². The lowest BCUT2D eigenvalue weighted by Crippen LogP contribution is -2.29. The van der Waals surface area contributed by atoms with Crippen LogP contribution in [0.15, 0.2) is 6.07 Å². The second kappa shape index (κ2) is 5.40. The average Bonchev–Trinajstić information content (AvgIpc) is 2.32. The Morgan fingerprint density at radius 2 is 1.94 bits per heavy atom. The molecule has 0 amide bonds. The number of hydrogen-bond acceptors (Lipinski definition) is 3. The molecule has 1 aliphatic rings. The van der Waals surface area contributed by atoms with Crippen LogP contribution in [0.4, 0.5) is 13.2 Å². The molecule has 1 aromatic rings. The van der Waals surface area contributed by atoms with E-state index in [2.05, 4.69) is 15.5 Å². The number of rotatable bonds is 2. The molecule has 3 nitrogen and oxygen atoms in total. The third kappa shape index (κ3) is 3.32. The molecule has 2 heterocycles. The quantitative estimate of drug-likeness (QED) is 0.904. The highest BCUT2D eigenvalue weighted by molar-refractivity contribution is 6.31. The summed E-state index contributed by atoms with van der Waals surface area (Å²) in [4.78, 5) is 0. The molecule has 7 heteroatoms. The predicted octanol–water partition coefficient (Wildman–Crippen LogP) is 2.69. The van der Waals surface area contributed by atoms with E-state index in [1.165, 1.54) is 0 Å². The molecule has 0 spiro atoms. The van der Waals surface area contributed by atoms with Gasteiger partial charge in [-0.15, -0.1) is 5.10 Å². The molecule has 100 valence electrons. The summed E-state index contributed by atoms with van der Waals surface area (Å²) in [6, 6.07) is 0.852. The minimum absolute atomic E-state index is 0.0517. The maximum atomic E-state index is 12.4. The van der Waals surface area contributed by atoms with Crippen LogP contribution in [-0.4, -0.2) is 23.3 Å². The molecule has 0 atom stereocenters. The van der Waals surface area contributed by atoms with Crippen molar-refractivity contribution < 1.29 is 13.2 Å². The van der Waals surface area contributed by atoms with Crippen molar-refractivity contribution in [2.45, 2.75) is 25.4 Å². The fourth-order valence-corrected chi connectivity index (χ4v) is 2.25. The van der Waals surface area contributed by atoms with Crippen LogP contribution >= 0.6 is 11.6 Å². The molecule has 1 fully saturated rings. The fourth-order valence-electron chi connectivity index (χ4n) is 2.03. The van der Waals surface area contributed by atoms with Gasteiger partial charge in [0.2, 0.25) is 0 Å². The smallest absolute Gasteiger partial charge is 0.317 e. The van der Waals surface area contributed by atoms with Gasteiger partial charge in [-0.05, 0) is 44.3 Å². The molecule has 0 bridgehead atoms. The maximum Gasteiger partial charge on any atom is 0.435 e. The highest BCUT2D eigenvalue weighted by Gasteiger charge is 2.33. The summed E-state index contributed by atoms with van der Waals surface area (Å²) in [5, 5.41) is 10.1. The first-order valence-corrected chi connectivity index (χ1v) is 6.14. The van der Waals surface area contributed by atoms with Crippen LogP contribution in [0.5, 0.6) is 0 Å². The van der Waals surface area contributed by atoms with Gasteiger partial charge < -0.3 is 5.32 Å². The summed E-state index contributed by atoms with van der Waals surface area (Å²) in [7, 11) is 0. The van der Waals surface area contributed by atoms with Crippen LogP contribution in [0.1, 0.15) is 24.2 Å². The molecule has 1 N–H and O–H groups in total. The summed E-state index contributed by atoms with van der Waals surface area (Å²) in [5.74, 6) is 0.412. The normalized spacial score (nSPS) is 18.0. The lowest BCUT2D eigenvalue weighted by Gasteiger charge is -2.22. The van der Waals surface area contributed by atoms with Crippen LogP contribution in [0.3, 0.4) is 0 Å². The van der Waals surface area contributed by atoms with Crippen molar-refractivity contribution >= 4 is 11.6 Å². The molecule has 0 unspecified atom stereocenters. The number of hydrogen-bond donors (Lipinski definition) is 1. The Hall–Kier alpha value is -0.880. The van der Waals surface area contributed by atoms with Crippen LogP contribution in [-0.2, 0) is 12.6 Å². The van der Waals surface area contributed by atoms with Crippen molar-refractivity contribution in [3.63, 3.8) is 0 Å². The molecule has 0 aliphatic carbocycles. The largest absolute Gasteiger partial charge is 0.435 e. The third-order valence-corrected chi connectivity index (χ3v) is 3.38. The molecule has 2 rings (SSSR count). The Balaban J connectivity index is 2.09. The molecular formula is C11H13ClF3N3. The van der Waals surface area contributed by atoms with E-state index >= 15 is 0 Å². The van der Waals surface area contributed by atoms with E-state index in [1.807, 2.05) is 0 Å². The number of alkyl halides is 3. The molecule has 0 saturated carbocycles. The molecule has 1 aromatic heterocycles. The molecule has 0 radical (unpaired) electrons. The Morgan fingerprint density at radius 1 is 1.28 bits per heavy atom. The Morgan fingerprint density at radius 3 is 2.50 bits per heavy atom. The molecule has 0 aromatic carbocycles. The first-order chi connectivity index (χ1) is 8.47. The first kappa shape index (κ1) is 13.5. The van der Waals surface area contributed by atoms with Gasteiger partial charge in [-0.2, -0.15) is 18.3 Å². The minimum Gasteiger partial charge on any atom is -0.317 e. The van der Waals surface area contributed by atoms with E-state index in [1.54, 1.807) is 0 Å². The zero-order chi connectivity index (χ0) is 13.2. The molecule has 1 aliphatic heterocycles. The van der Waals surface area contributed by atoms with Crippen LogP contribution in [0.2, 0.25) is 5.02 Å². The van der Waals surface area contributed by atoms with Gasteiger partial charge in [0, 0.05) is 0 Å². The zero-order valence-electron chi connectivity index (χ0n) is 9.60.